The van der Waals surface area contributed by atoms with Gasteiger partial charge in [-0.05, 0) is 44.2 Å². The molecule has 136 valence electrons. The molecule has 6 heteroatoms. The number of aromatic nitrogens is 2. The summed E-state index contributed by atoms with van der Waals surface area (Å²) in [6.07, 6.45) is 7.89. The molecule has 0 spiro atoms. The van der Waals surface area contributed by atoms with Gasteiger partial charge in [-0.3, -0.25) is 9.59 Å². The number of amides is 1. The number of allylic oxidation sites excluding steroid dienone is 1. The van der Waals surface area contributed by atoms with Crippen LogP contribution in [0.4, 0.5) is 0 Å². The third-order valence-corrected chi connectivity index (χ3v) is 4.79. The summed E-state index contributed by atoms with van der Waals surface area (Å²) in [5.41, 5.74) is 2.39. The van der Waals surface area contributed by atoms with E-state index < -0.39 is 0 Å². The van der Waals surface area contributed by atoms with Crippen molar-refractivity contribution in [3.63, 3.8) is 0 Å². The van der Waals surface area contributed by atoms with Crippen LogP contribution >= 0.6 is 11.6 Å². The maximum atomic E-state index is 12.2. The summed E-state index contributed by atoms with van der Waals surface area (Å²) in [4.78, 5) is 24.2. The molecule has 2 aromatic rings. The highest BCUT2D eigenvalue weighted by Gasteiger charge is 2.10. The van der Waals surface area contributed by atoms with E-state index in [0.717, 1.165) is 24.8 Å². The van der Waals surface area contributed by atoms with Crippen molar-refractivity contribution in [3.8, 4) is 11.3 Å². The second-order valence-electron chi connectivity index (χ2n) is 6.40. The zero-order valence-electron chi connectivity index (χ0n) is 14.6. The number of carbonyl (C=O) groups is 1. The summed E-state index contributed by atoms with van der Waals surface area (Å²) >= 11 is 6.19. The van der Waals surface area contributed by atoms with Gasteiger partial charge in [0.25, 0.3) is 5.56 Å². The molecular formula is C20H22ClN3O2. The Balaban J connectivity index is 1.62. The van der Waals surface area contributed by atoms with Crippen molar-refractivity contribution in [2.45, 2.75) is 38.6 Å². The number of nitrogens with one attached hydrogen (secondary N) is 1. The molecule has 0 saturated carbocycles. The third-order valence-electron chi connectivity index (χ3n) is 4.46. The lowest BCUT2D eigenvalue weighted by atomic mass is 9.97. The Morgan fingerprint density at radius 2 is 2.04 bits per heavy atom. The van der Waals surface area contributed by atoms with Gasteiger partial charge in [-0.25, -0.2) is 4.68 Å². The van der Waals surface area contributed by atoms with E-state index >= 15 is 0 Å². The first-order valence-corrected chi connectivity index (χ1v) is 9.29. The Kier molecular flexibility index (Phi) is 6.23. The second-order valence-corrected chi connectivity index (χ2v) is 6.81. The normalized spacial score (nSPS) is 14.0. The molecule has 1 aromatic heterocycles. The lowest BCUT2D eigenvalue weighted by molar-refractivity contribution is -0.121. The zero-order chi connectivity index (χ0) is 18.4. The number of rotatable bonds is 6. The van der Waals surface area contributed by atoms with Crippen molar-refractivity contribution in [2.75, 3.05) is 6.54 Å². The summed E-state index contributed by atoms with van der Waals surface area (Å²) in [6.45, 7) is 0.486. The number of hydrogen-bond acceptors (Lipinski definition) is 3. The molecule has 0 fully saturated rings. The molecule has 0 bridgehead atoms. The minimum absolute atomic E-state index is 0.101. The summed E-state index contributed by atoms with van der Waals surface area (Å²) < 4.78 is 1.17. The van der Waals surface area contributed by atoms with Crippen LogP contribution < -0.4 is 10.9 Å². The second kappa shape index (κ2) is 8.81. The fraction of sp³-hybridized carbons (Fsp3) is 0.350. The molecule has 3 rings (SSSR count). The number of carbonyl (C=O) groups excluding carboxylic acids is 1. The minimum Gasteiger partial charge on any atom is -0.354 e. The first-order chi connectivity index (χ1) is 12.6. The zero-order valence-corrected chi connectivity index (χ0v) is 15.3. The molecule has 1 aliphatic rings. The van der Waals surface area contributed by atoms with E-state index in [1.807, 2.05) is 18.2 Å². The van der Waals surface area contributed by atoms with Crippen molar-refractivity contribution in [1.82, 2.24) is 15.1 Å². The topological polar surface area (TPSA) is 64.0 Å². The molecule has 1 aromatic carbocycles. The van der Waals surface area contributed by atoms with Crippen LogP contribution in [0.5, 0.6) is 0 Å². The first-order valence-electron chi connectivity index (χ1n) is 8.91. The van der Waals surface area contributed by atoms with Crippen molar-refractivity contribution in [2.24, 2.45) is 0 Å². The highest BCUT2D eigenvalue weighted by atomic mass is 35.5. The Hall–Kier alpha value is -2.40. The fourth-order valence-electron chi connectivity index (χ4n) is 3.06. The Bertz CT molecular complexity index is 873. The van der Waals surface area contributed by atoms with Crippen LogP contribution in [0, 0.1) is 0 Å². The van der Waals surface area contributed by atoms with E-state index in [0.29, 0.717) is 17.3 Å². The molecule has 1 N–H and O–H groups in total. The lowest BCUT2D eigenvalue weighted by Crippen LogP contribution is -2.34. The molecule has 1 heterocycles. The quantitative estimate of drug-likeness (QED) is 0.789. The highest BCUT2D eigenvalue weighted by Crippen LogP contribution is 2.24. The van der Waals surface area contributed by atoms with Gasteiger partial charge in [0, 0.05) is 18.2 Å². The fourth-order valence-corrected chi connectivity index (χ4v) is 3.29. The van der Waals surface area contributed by atoms with Crippen LogP contribution in [0.2, 0.25) is 5.02 Å². The Labute approximate surface area is 157 Å². The monoisotopic (exact) mass is 371 g/mol. The molecule has 26 heavy (non-hydrogen) atoms. The summed E-state index contributed by atoms with van der Waals surface area (Å²) in [5.74, 6) is -0.215. The molecule has 1 aliphatic carbocycles. The standard InChI is InChI=1S/C20H22ClN3O2/c21-17-9-5-4-8-16(17)18-10-11-20(26)24(23-18)14-19(25)22-13-12-15-6-2-1-3-7-15/h4-6,8-11H,1-3,7,12-14H2,(H,22,25). The third kappa shape index (κ3) is 4.82. The predicted molar refractivity (Wildman–Crippen MR) is 103 cm³/mol. The average molecular weight is 372 g/mol. The smallest absolute Gasteiger partial charge is 0.267 e. The molecule has 0 saturated heterocycles. The lowest BCUT2D eigenvalue weighted by Gasteiger charge is -2.13. The van der Waals surface area contributed by atoms with E-state index in [1.54, 1.807) is 12.1 Å². The SMILES string of the molecule is O=C(Cn1nc(-c2ccccc2Cl)ccc1=O)NCCC1=CCCCC1. The van der Waals surface area contributed by atoms with Gasteiger partial charge in [0.2, 0.25) is 5.91 Å². The van der Waals surface area contributed by atoms with Crippen LogP contribution in [0.25, 0.3) is 11.3 Å². The van der Waals surface area contributed by atoms with Crippen molar-refractivity contribution in [1.29, 1.82) is 0 Å². The van der Waals surface area contributed by atoms with Gasteiger partial charge in [-0.2, -0.15) is 5.10 Å². The van der Waals surface area contributed by atoms with Crippen molar-refractivity contribution in [3.05, 3.63) is 63.4 Å². The number of nitrogens with zero attached hydrogens (tertiary/aromatic N) is 2. The average Bonchev–Trinajstić information content (AvgIpc) is 2.65. The number of hydrogen-bond donors (Lipinski definition) is 1. The molecule has 0 unspecified atom stereocenters. The maximum Gasteiger partial charge on any atom is 0.267 e. The molecule has 5 nitrogen and oxygen atoms in total. The van der Waals surface area contributed by atoms with Gasteiger partial charge < -0.3 is 5.32 Å². The summed E-state index contributed by atoms with van der Waals surface area (Å²) in [6, 6.07) is 10.3. The summed E-state index contributed by atoms with van der Waals surface area (Å²) in [7, 11) is 0. The van der Waals surface area contributed by atoms with Gasteiger partial charge in [-0.15, -0.1) is 0 Å². The predicted octanol–water partition coefficient (Wildman–Crippen LogP) is 3.57. The van der Waals surface area contributed by atoms with Gasteiger partial charge >= 0.3 is 0 Å². The largest absolute Gasteiger partial charge is 0.354 e. The Morgan fingerprint density at radius 3 is 2.81 bits per heavy atom. The highest BCUT2D eigenvalue weighted by molar-refractivity contribution is 6.33. The van der Waals surface area contributed by atoms with E-state index in [2.05, 4.69) is 16.5 Å². The van der Waals surface area contributed by atoms with Gasteiger partial charge in [0.15, 0.2) is 0 Å². The summed E-state index contributed by atoms with van der Waals surface area (Å²) in [5, 5.41) is 7.71. The minimum atomic E-state index is -0.314. The van der Waals surface area contributed by atoms with E-state index in [9.17, 15) is 9.59 Å². The van der Waals surface area contributed by atoms with Crippen LogP contribution in [0.1, 0.15) is 32.1 Å². The molecule has 0 atom stereocenters. The van der Waals surface area contributed by atoms with E-state index in [1.165, 1.54) is 29.2 Å². The van der Waals surface area contributed by atoms with Gasteiger partial charge in [-0.1, -0.05) is 41.4 Å². The molecule has 0 radical (unpaired) electrons. The van der Waals surface area contributed by atoms with E-state index in [-0.39, 0.29) is 18.0 Å². The Morgan fingerprint density at radius 1 is 1.19 bits per heavy atom. The maximum absolute atomic E-state index is 12.2. The number of halogens is 1. The van der Waals surface area contributed by atoms with E-state index in [4.69, 9.17) is 11.6 Å². The van der Waals surface area contributed by atoms with Crippen molar-refractivity contribution >= 4 is 17.5 Å². The van der Waals surface area contributed by atoms with Crippen LogP contribution in [-0.2, 0) is 11.3 Å². The number of benzene rings is 1. The van der Waals surface area contributed by atoms with Crippen molar-refractivity contribution < 1.29 is 4.79 Å². The van der Waals surface area contributed by atoms with Crippen LogP contribution in [0.3, 0.4) is 0 Å². The molecule has 0 aliphatic heterocycles. The molecular weight excluding hydrogens is 350 g/mol. The van der Waals surface area contributed by atoms with Crippen LogP contribution in [0.15, 0.2) is 52.8 Å². The molecule has 1 amide bonds. The first kappa shape index (κ1) is 18.4. The van der Waals surface area contributed by atoms with Gasteiger partial charge in [0.05, 0.1) is 10.7 Å². The van der Waals surface area contributed by atoms with Crippen LogP contribution in [-0.4, -0.2) is 22.2 Å². The van der Waals surface area contributed by atoms with Gasteiger partial charge in [0.1, 0.15) is 6.54 Å².